The lowest BCUT2D eigenvalue weighted by molar-refractivity contribution is 0.584. The van der Waals surface area contributed by atoms with Gasteiger partial charge in [0.15, 0.2) is 5.82 Å². The highest BCUT2D eigenvalue weighted by Gasteiger charge is 2.12. The van der Waals surface area contributed by atoms with Gasteiger partial charge >= 0.3 is 0 Å². The fraction of sp³-hybridized carbons (Fsp3) is 0.0714. The van der Waals surface area contributed by atoms with E-state index < -0.39 is 17.5 Å². The molecule has 0 aliphatic carbocycles. The van der Waals surface area contributed by atoms with Crippen LogP contribution in [0.25, 0.3) is 0 Å². The number of anilines is 2. The molecule has 2 aromatic carbocycles. The first kappa shape index (κ1) is 13.0. The second kappa shape index (κ2) is 5.02. The van der Waals surface area contributed by atoms with Gasteiger partial charge < -0.3 is 5.32 Å². The Hall–Kier alpha value is -2.48. The van der Waals surface area contributed by atoms with Gasteiger partial charge in [-0.3, -0.25) is 0 Å². The highest BCUT2D eigenvalue weighted by Crippen LogP contribution is 2.26. The van der Waals surface area contributed by atoms with Crippen molar-refractivity contribution < 1.29 is 13.2 Å². The molecule has 2 rings (SSSR count). The summed E-state index contributed by atoms with van der Waals surface area (Å²) in [5.41, 5.74) is 0.0752. The minimum atomic E-state index is -0.786. The van der Waals surface area contributed by atoms with Crippen molar-refractivity contribution in [3.8, 4) is 6.07 Å². The van der Waals surface area contributed by atoms with Gasteiger partial charge in [-0.15, -0.1) is 0 Å². The lowest BCUT2D eigenvalue weighted by Crippen LogP contribution is -2.00. The summed E-state index contributed by atoms with van der Waals surface area (Å²) < 4.78 is 40.5. The van der Waals surface area contributed by atoms with E-state index in [0.717, 1.165) is 18.2 Å². The summed E-state index contributed by atoms with van der Waals surface area (Å²) in [5.74, 6) is -2.19. The summed E-state index contributed by atoms with van der Waals surface area (Å²) in [5, 5.41) is 11.2. The van der Waals surface area contributed by atoms with Gasteiger partial charge in [0.2, 0.25) is 0 Å². The molecule has 0 unspecified atom stereocenters. The molecule has 0 fully saturated rings. The number of nitriles is 1. The van der Waals surface area contributed by atoms with Crippen LogP contribution < -0.4 is 5.32 Å². The van der Waals surface area contributed by atoms with Crippen LogP contribution in [0.5, 0.6) is 0 Å². The van der Waals surface area contributed by atoms with Crippen LogP contribution in [-0.4, -0.2) is 0 Å². The Kier molecular flexibility index (Phi) is 3.43. The summed E-state index contributed by atoms with van der Waals surface area (Å²) in [7, 11) is 0. The van der Waals surface area contributed by atoms with Crippen LogP contribution in [0, 0.1) is 35.7 Å². The minimum Gasteiger partial charge on any atom is -0.351 e. The Morgan fingerprint density at radius 1 is 1.11 bits per heavy atom. The molecule has 0 saturated carbocycles. The van der Waals surface area contributed by atoms with Gasteiger partial charge in [0.05, 0.1) is 11.6 Å². The molecule has 0 heterocycles. The zero-order valence-electron chi connectivity index (χ0n) is 9.97. The Labute approximate surface area is 108 Å². The standard InChI is InChI=1S/C14H9F3N2/c1-8-2-3-12(16)14(13(8)17)19-11-5-9(7-18)4-10(15)6-11/h2-6,19H,1H3. The summed E-state index contributed by atoms with van der Waals surface area (Å²) in [4.78, 5) is 0. The molecule has 2 nitrogen and oxygen atoms in total. The fourth-order valence-corrected chi connectivity index (χ4v) is 1.64. The van der Waals surface area contributed by atoms with Crippen molar-refractivity contribution in [2.75, 3.05) is 5.32 Å². The van der Waals surface area contributed by atoms with Gasteiger partial charge in [-0.05, 0) is 36.8 Å². The number of benzene rings is 2. The van der Waals surface area contributed by atoms with E-state index in [1.165, 1.54) is 19.1 Å². The van der Waals surface area contributed by atoms with Gasteiger partial charge in [0.25, 0.3) is 0 Å². The number of aryl methyl sites for hydroxylation is 1. The van der Waals surface area contributed by atoms with E-state index in [1.807, 2.05) is 0 Å². The Balaban J connectivity index is 2.45. The third-order valence-electron chi connectivity index (χ3n) is 2.58. The zero-order chi connectivity index (χ0) is 14.0. The number of hydrogen-bond acceptors (Lipinski definition) is 2. The second-order valence-electron chi connectivity index (χ2n) is 4.02. The lowest BCUT2D eigenvalue weighted by Gasteiger charge is -2.10. The second-order valence-corrected chi connectivity index (χ2v) is 4.02. The minimum absolute atomic E-state index is 0.0657. The van der Waals surface area contributed by atoms with Gasteiger partial charge in [-0.25, -0.2) is 13.2 Å². The predicted molar refractivity (Wildman–Crippen MR) is 65.5 cm³/mol. The van der Waals surface area contributed by atoms with E-state index in [9.17, 15) is 13.2 Å². The third kappa shape index (κ3) is 2.68. The lowest BCUT2D eigenvalue weighted by atomic mass is 10.1. The molecule has 2 aromatic rings. The van der Waals surface area contributed by atoms with Crippen LogP contribution >= 0.6 is 0 Å². The number of halogens is 3. The number of nitrogens with zero attached hydrogens (tertiary/aromatic N) is 1. The molecule has 0 spiro atoms. The van der Waals surface area contributed by atoms with Crippen LogP contribution in [0.15, 0.2) is 30.3 Å². The van der Waals surface area contributed by atoms with Crippen molar-refractivity contribution in [1.29, 1.82) is 5.26 Å². The summed E-state index contributed by atoms with van der Waals surface area (Å²) in [6.07, 6.45) is 0. The molecule has 0 aliphatic rings. The number of rotatable bonds is 2. The van der Waals surface area contributed by atoms with Gasteiger partial charge in [0, 0.05) is 5.69 Å². The van der Waals surface area contributed by atoms with Gasteiger partial charge in [-0.2, -0.15) is 5.26 Å². The fourth-order valence-electron chi connectivity index (χ4n) is 1.64. The first-order valence-corrected chi connectivity index (χ1v) is 5.43. The monoisotopic (exact) mass is 262 g/mol. The molecule has 0 atom stereocenters. The van der Waals surface area contributed by atoms with E-state index in [2.05, 4.69) is 5.32 Å². The van der Waals surface area contributed by atoms with Crippen LogP contribution in [-0.2, 0) is 0 Å². The number of nitrogens with one attached hydrogen (secondary N) is 1. The highest BCUT2D eigenvalue weighted by molar-refractivity contribution is 5.63. The topological polar surface area (TPSA) is 35.8 Å². The van der Waals surface area contributed by atoms with Crippen LogP contribution in [0.3, 0.4) is 0 Å². The Bertz CT molecular complexity index is 675. The SMILES string of the molecule is Cc1ccc(F)c(Nc2cc(F)cc(C#N)c2)c1F. The summed E-state index contributed by atoms with van der Waals surface area (Å²) in [6, 6.07) is 7.59. The van der Waals surface area contributed by atoms with Crippen LogP contribution in [0.2, 0.25) is 0 Å². The smallest absolute Gasteiger partial charge is 0.152 e. The molecule has 5 heteroatoms. The van der Waals surface area contributed by atoms with Crippen molar-refractivity contribution in [1.82, 2.24) is 0 Å². The van der Waals surface area contributed by atoms with Crippen molar-refractivity contribution >= 4 is 11.4 Å². The predicted octanol–water partition coefficient (Wildman–Crippen LogP) is 4.03. The first-order valence-electron chi connectivity index (χ1n) is 5.43. The average molecular weight is 262 g/mol. The maximum Gasteiger partial charge on any atom is 0.152 e. The maximum atomic E-state index is 13.8. The normalized spacial score (nSPS) is 10.1. The van der Waals surface area contributed by atoms with E-state index in [4.69, 9.17) is 5.26 Å². The first-order chi connectivity index (χ1) is 9.01. The quantitative estimate of drug-likeness (QED) is 0.887. The van der Waals surface area contributed by atoms with E-state index in [-0.39, 0.29) is 22.5 Å². The molecule has 0 amide bonds. The van der Waals surface area contributed by atoms with Crippen molar-refractivity contribution in [3.63, 3.8) is 0 Å². The highest BCUT2D eigenvalue weighted by atomic mass is 19.1. The molecule has 96 valence electrons. The van der Waals surface area contributed by atoms with Gasteiger partial charge in [0.1, 0.15) is 17.3 Å². The molecule has 0 aliphatic heterocycles. The maximum absolute atomic E-state index is 13.8. The Morgan fingerprint density at radius 3 is 2.53 bits per heavy atom. The summed E-state index contributed by atoms with van der Waals surface area (Å²) in [6.45, 7) is 1.49. The average Bonchev–Trinajstić information content (AvgIpc) is 2.38. The van der Waals surface area contributed by atoms with E-state index in [0.29, 0.717) is 0 Å². The zero-order valence-corrected chi connectivity index (χ0v) is 9.97. The molecule has 0 aromatic heterocycles. The van der Waals surface area contributed by atoms with Crippen LogP contribution in [0.4, 0.5) is 24.5 Å². The van der Waals surface area contributed by atoms with Gasteiger partial charge in [-0.1, -0.05) is 6.07 Å². The van der Waals surface area contributed by atoms with E-state index >= 15 is 0 Å². The Morgan fingerprint density at radius 2 is 1.84 bits per heavy atom. The molecule has 1 N–H and O–H groups in total. The summed E-state index contributed by atoms with van der Waals surface area (Å²) >= 11 is 0. The van der Waals surface area contributed by atoms with Crippen molar-refractivity contribution in [2.24, 2.45) is 0 Å². The number of hydrogen-bond donors (Lipinski definition) is 1. The largest absolute Gasteiger partial charge is 0.351 e. The molecule has 0 radical (unpaired) electrons. The molecular formula is C14H9F3N2. The molecule has 0 bridgehead atoms. The third-order valence-corrected chi connectivity index (χ3v) is 2.58. The molecular weight excluding hydrogens is 253 g/mol. The van der Waals surface area contributed by atoms with E-state index in [1.54, 1.807) is 6.07 Å². The van der Waals surface area contributed by atoms with Crippen molar-refractivity contribution in [3.05, 3.63) is 58.9 Å². The van der Waals surface area contributed by atoms with Crippen LogP contribution in [0.1, 0.15) is 11.1 Å². The molecule has 0 saturated heterocycles. The molecule has 19 heavy (non-hydrogen) atoms. The van der Waals surface area contributed by atoms with Crippen molar-refractivity contribution in [2.45, 2.75) is 6.92 Å².